The van der Waals surface area contributed by atoms with Crippen LogP contribution in [0.2, 0.25) is 0 Å². The minimum Gasteiger partial charge on any atom is -0.508 e. The highest BCUT2D eigenvalue weighted by molar-refractivity contribution is 5.95. The molecule has 9 N–H and O–H groups in total. The molecule has 236 valence electrons. The summed E-state index contributed by atoms with van der Waals surface area (Å²) >= 11 is 0. The van der Waals surface area contributed by atoms with Crippen LogP contribution in [0.1, 0.15) is 23.6 Å². The fourth-order valence-electron chi connectivity index (χ4n) is 4.96. The number of aliphatic hydroxyl groups is 1. The van der Waals surface area contributed by atoms with Gasteiger partial charge >= 0.3 is 5.97 Å². The second-order valence-electron chi connectivity index (χ2n) is 10.9. The van der Waals surface area contributed by atoms with E-state index in [1.54, 1.807) is 48.7 Å². The van der Waals surface area contributed by atoms with E-state index in [1.807, 2.05) is 24.3 Å². The van der Waals surface area contributed by atoms with Gasteiger partial charge in [0.05, 0.1) is 12.1 Å². The van der Waals surface area contributed by atoms with Crippen molar-refractivity contribution in [2.24, 2.45) is 5.73 Å². The van der Waals surface area contributed by atoms with Crippen LogP contribution in [0.3, 0.4) is 0 Å². The third kappa shape index (κ3) is 8.91. The predicted octanol–water partition coefficient (Wildman–Crippen LogP) is 1.15. The number of carboxylic acids is 1. The Bertz CT molecular complexity index is 1620. The fourth-order valence-corrected chi connectivity index (χ4v) is 4.96. The first-order valence-corrected chi connectivity index (χ1v) is 14.5. The summed E-state index contributed by atoms with van der Waals surface area (Å²) < 4.78 is 0. The van der Waals surface area contributed by atoms with Gasteiger partial charge in [0.15, 0.2) is 6.04 Å². The number of phenols is 1. The minimum atomic E-state index is -1.60. The van der Waals surface area contributed by atoms with E-state index in [-0.39, 0.29) is 25.0 Å². The van der Waals surface area contributed by atoms with Crippen molar-refractivity contribution >= 4 is 34.6 Å². The van der Waals surface area contributed by atoms with Crippen LogP contribution in [0.15, 0.2) is 85.1 Å². The van der Waals surface area contributed by atoms with Crippen LogP contribution in [-0.2, 0) is 38.4 Å². The number of aromatic amines is 1. The summed E-state index contributed by atoms with van der Waals surface area (Å²) in [5.41, 5.74) is 9.18. The van der Waals surface area contributed by atoms with Crippen LogP contribution < -0.4 is 21.7 Å². The van der Waals surface area contributed by atoms with Crippen molar-refractivity contribution < 1.29 is 34.5 Å². The number of nitrogens with two attached hydrogens (primary N) is 1. The number of carboxylic acid groups (broad SMARTS) is 1. The summed E-state index contributed by atoms with van der Waals surface area (Å²) in [7, 11) is 0. The molecule has 0 saturated heterocycles. The second-order valence-corrected chi connectivity index (χ2v) is 10.9. The lowest BCUT2D eigenvalue weighted by atomic mass is 10.0. The molecule has 5 atom stereocenters. The van der Waals surface area contributed by atoms with Crippen LogP contribution in [0.5, 0.6) is 5.75 Å². The maximum absolute atomic E-state index is 13.9. The smallest absolute Gasteiger partial charge is 0.328 e. The Morgan fingerprint density at radius 2 is 1.33 bits per heavy atom. The van der Waals surface area contributed by atoms with Crippen molar-refractivity contribution in [2.75, 3.05) is 0 Å². The standard InChI is InChI=1S/C33H37N5O7/c1-19(39)29(33(44)45)38-32(43)27(16-20-7-3-2-4-8-20)37-31(42)28(17-22-18-35-26-10-6-5-9-24(22)26)36-30(41)25(34)15-21-11-13-23(40)14-12-21/h2-14,18-19,25,27-29,35,39-40H,15-17,34H2,1H3,(H,36,41)(H,37,42)(H,38,43)(H,44,45). The number of carbonyl (C=O) groups excluding carboxylic acids is 3. The highest BCUT2D eigenvalue weighted by Crippen LogP contribution is 2.20. The zero-order valence-electron chi connectivity index (χ0n) is 24.6. The summed E-state index contributed by atoms with van der Waals surface area (Å²) in [5.74, 6) is -3.47. The van der Waals surface area contributed by atoms with Gasteiger partial charge in [-0.1, -0.05) is 60.7 Å². The molecule has 0 spiro atoms. The third-order valence-electron chi connectivity index (χ3n) is 7.42. The number of H-pyrrole nitrogens is 1. The Hall–Kier alpha value is -5.20. The van der Waals surface area contributed by atoms with E-state index in [0.717, 1.165) is 16.5 Å². The first kappa shape index (κ1) is 32.7. The van der Waals surface area contributed by atoms with Crippen molar-refractivity contribution in [3.05, 3.63) is 102 Å². The van der Waals surface area contributed by atoms with E-state index in [4.69, 9.17) is 5.73 Å². The number of aliphatic carboxylic acids is 1. The van der Waals surface area contributed by atoms with Crippen LogP contribution >= 0.6 is 0 Å². The maximum Gasteiger partial charge on any atom is 0.328 e. The molecular formula is C33H37N5O7. The maximum atomic E-state index is 13.9. The summed E-state index contributed by atoms with van der Waals surface area (Å²) in [4.78, 5) is 55.3. The van der Waals surface area contributed by atoms with Gasteiger partial charge in [0.25, 0.3) is 0 Å². The number of hydrogen-bond acceptors (Lipinski definition) is 7. The van der Waals surface area contributed by atoms with E-state index in [1.165, 1.54) is 19.1 Å². The average molecular weight is 616 g/mol. The molecule has 0 aliphatic heterocycles. The van der Waals surface area contributed by atoms with Crippen LogP contribution in [0.25, 0.3) is 10.9 Å². The fraction of sp³-hybridized carbons (Fsp3) is 0.273. The molecule has 1 heterocycles. The number of aliphatic hydroxyl groups excluding tert-OH is 1. The molecule has 0 saturated carbocycles. The molecule has 1 aromatic heterocycles. The molecule has 0 aliphatic carbocycles. The summed E-state index contributed by atoms with van der Waals surface area (Å²) in [6.45, 7) is 1.23. The van der Waals surface area contributed by atoms with Crippen LogP contribution in [0.4, 0.5) is 0 Å². The first-order valence-electron chi connectivity index (χ1n) is 14.5. The number of fused-ring (bicyclic) bond motifs is 1. The lowest BCUT2D eigenvalue weighted by Crippen LogP contribution is -2.59. The monoisotopic (exact) mass is 615 g/mol. The molecule has 45 heavy (non-hydrogen) atoms. The third-order valence-corrected chi connectivity index (χ3v) is 7.42. The van der Waals surface area contributed by atoms with E-state index in [0.29, 0.717) is 11.1 Å². The number of rotatable bonds is 14. The number of carbonyl (C=O) groups is 4. The number of amides is 3. The van der Waals surface area contributed by atoms with Crippen molar-refractivity contribution in [3.63, 3.8) is 0 Å². The molecule has 3 aromatic carbocycles. The van der Waals surface area contributed by atoms with Crippen molar-refractivity contribution in [1.82, 2.24) is 20.9 Å². The first-order chi connectivity index (χ1) is 21.5. The van der Waals surface area contributed by atoms with Crippen LogP contribution in [0, 0.1) is 0 Å². The van der Waals surface area contributed by atoms with E-state index in [2.05, 4.69) is 20.9 Å². The Labute approximate surface area is 259 Å². The van der Waals surface area contributed by atoms with Gasteiger partial charge in [0, 0.05) is 29.9 Å². The highest BCUT2D eigenvalue weighted by atomic mass is 16.4. The van der Waals surface area contributed by atoms with Gasteiger partial charge in [0.1, 0.15) is 17.8 Å². The Morgan fingerprint density at radius 3 is 2.00 bits per heavy atom. The van der Waals surface area contributed by atoms with Gasteiger partial charge < -0.3 is 42.0 Å². The molecule has 12 heteroatoms. The van der Waals surface area contributed by atoms with Crippen molar-refractivity contribution in [2.45, 2.75) is 56.5 Å². The Kier molecular flexibility index (Phi) is 10.9. The summed E-state index contributed by atoms with van der Waals surface area (Å²) in [5, 5.41) is 37.5. The molecular weight excluding hydrogens is 578 g/mol. The normalized spacial score (nSPS) is 14.5. The quantitative estimate of drug-likeness (QED) is 0.103. The number of aromatic nitrogens is 1. The lowest BCUT2D eigenvalue weighted by molar-refractivity contribution is -0.145. The van der Waals surface area contributed by atoms with Gasteiger partial charge in [-0.05, 0) is 48.2 Å². The van der Waals surface area contributed by atoms with Gasteiger partial charge in [-0.3, -0.25) is 14.4 Å². The number of phenolic OH excluding ortho intramolecular Hbond substituents is 1. The number of aromatic hydroxyl groups is 1. The van der Waals surface area contributed by atoms with Gasteiger partial charge in [-0.25, -0.2) is 4.79 Å². The molecule has 4 rings (SSSR count). The number of hydrogen-bond donors (Lipinski definition) is 8. The molecule has 4 aromatic rings. The molecule has 0 fully saturated rings. The van der Waals surface area contributed by atoms with Gasteiger partial charge in [0.2, 0.25) is 17.7 Å². The molecule has 3 amide bonds. The average Bonchev–Trinajstić information content (AvgIpc) is 3.42. The largest absolute Gasteiger partial charge is 0.508 e. The lowest BCUT2D eigenvalue weighted by Gasteiger charge is -2.26. The van der Waals surface area contributed by atoms with E-state index >= 15 is 0 Å². The summed E-state index contributed by atoms with van der Waals surface area (Å²) in [6, 6.07) is 17.5. The number of benzene rings is 3. The van der Waals surface area contributed by atoms with Gasteiger partial charge in [-0.2, -0.15) is 0 Å². The topological polar surface area (TPSA) is 207 Å². The zero-order chi connectivity index (χ0) is 32.5. The highest BCUT2D eigenvalue weighted by Gasteiger charge is 2.32. The van der Waals surface area contributed by atoms with Crippen molar-refractivity contribution in [3.8, 4) is 5.75 Å². The second kappa shape index (κ2) is 15.0. The summed E-state index contributed by atoms with van der Waals surface area (Å²) in [6.07, 6.45) is 0.546. The molecule has 12 nitrogen and oxygen atoms in total. The molecule has 0 aliphatic rings. The predicted molar refractivity (Wildman–Crippen MR) is 167 cm³/mol. The molecule has 0 bridgehead atoms. The zero-order valence-corrected chi connectivity index (χ0v) is 24.6. The number of para-hydroxylation sites is 1. The Morgan fingerprint density at radius 1 is 0.756 bits per heavy atom. The van der Waals surface area contributed by atoms with E-state index < -0.39 is 54.0 Å². The molecule has 5 unspecified atom stereocenters. The van der Waals surface area contributed by atoms with E-state index in [9.17, 15) is 34.5 Å². The SMILES string of the molecule is CC(O)C(NC(=O)C(Cc1ccccc1)NC(=O)C(Cc1c[nH]c2ccccc12)NC(=O)C(N)Cc1ccc(O)cc1)C(=O)O. The Balaban J connectivity index is 1.59. The van der Waals surface area contributed by atoms with Crippen LogP contribution in [-0.4, -0.2) is 74.3 Å². The molecule has 0 radical (unpaired) electrons. The van der Waals surface area contributed by atoms with Gasteiger partial charge in [-0.15, -0.1) is 0 Å². The number of nitrogens with one attached hydrogen (secondary N) is 4. The minimum absolute atomic E-state index is 0.0126. The van der Waals surface area contributed by atoms with Crippen molar-refractivity contribution in [1.29, 1.82) is 0 Å².